The number of piperazine rings is 1. The Hall–Kier alpha value is -4.98. The normalized spacial score (nSPS) is 17.2. The minimum Gasteiger partial charge on any atom is -0.489 e. The topological polar surface area (TPSA) is 60.9 Å². The van der Waals surface area contributed by atoms with Crippen LogP contribution in [0.4, 0.5) is 11.4 Å². The molecular weight excluding hydrogens is 570 g/mol. The number of rotatable bonds is 8. The summed E-state index contributed by atoms with van der Waals surface area (Å²) in [5.74, 6) is 0.685. The van der Waals surface area contributed by atoms with E-state index in [0.717, 1.165) is 66.4 Å². The number of fused-ring (bicyclic) bond motifs is 1. The Balaban J connectivity index is 1.14. The lowest BCUT2D eigenvalue weighted by Gasteiger charge is -2.39. The Morgan fingerprint density at radius 2 is 1.33 bits per heavy atom. The molecule has 7 rings (SSSR count). The van der Waals surface area contributed by atoms with Crippen molar-refractivity contribution in [2.45, 2.75) is 18.1 Å². The SMILES string of the molecule is CN1C(=O)[C@@H](NC(c2ccccc2)(c2ccccc2)c2ccccc2)COc2ccc(CN3CCN(c4ccncc4)CC3)cc21. The van der Waals surface area contributed by atoms with Crippen LogP contribution < -0.4 is 19.9 Å². The van der Waals surface area contributed by atoms with Crippen LogP contribution in [0.25, 0.3) is 0 Å². The standard InChI is InChI=1S/C39H39N5O2/c1-42-36-27-30(28-43-23-25-44(26-24-43)34-19-21-40-22-20-34)17-18-37(36)46-29-35(38(42)45)41-39(31-11-5-2-6-12-31,32-13-7-3-8-14-32)33-15-9-4-10-16-33/h2-22,27,35,41H,23-26,28-29H2,1H3/t35-/m0/s1. The second-order valence-electron chi connectivity index (χ2n) is 12.0. The molecule has 2 aliphatic heterocycles. The number of ether oxygens (including phenoxy) is 1. The Bertz CT molecular complexity index is 1650. The highest BCUT2D eigenvalue weighted by Crippen LogP contribution is 2.39. The number of hydrogen-bond acceptors (Lipinski definition) is 6. The van der Waals surface area contributed by atoms with Gasteiger partial charge in [-0.25, -0.2) is 0 Å². The summed E-state index contributed by atoms with van der Waals surface area (Å²) in [7, 11) is 1.86. The number of pyridine rings is 1. The number of benzene rings is 4. The number of nitrogens with zero attached hydrogens (tertiary/aromatic N) is 4. The largest absolute Gasteiger partial charge is 0.489 e. The van der Waals surface area contributed by atoms with E-state index in [1.54, 1.807) is 4.90 Å². The predicted molar refractivity (Wildman–Crippen MR) is 183 cm³/mol. The molecule has 1 atom stereocenters. The van der Waals surface area contributed by atoms with Crippen LogP contribution in [0.15, 0.2) is 134 Å². The molecule has 1 saturated heterocycles. The Morgan fingerprint density at radius 3 is 1.89 bits per heavy atom. The second-order valence-corrected chi connectivity index (χ2v) is 12.0. The molecule has 0 unspecified atom stereocenters. The molecule has 2 aliphatic rings. The van der Waals surface area contributed by atoms with E-state index in [2.05, 4.69) is 80.8 Å². The third-order valence-corrected chi connectivity index (χ3v) is 9.24. The third kappa shape index (κ3) is 5.87. The number of anilines is 2. The summed E-state index contributed by atoms with van der Waals surface area (Å²) in [4.78, 5) is 25.1. The van der Waals surface area contributed by atoms with Crippen molar-refractivity contribution in [2.24, 2.45) is 0 Å². The summed E-state index contributed by atoms with van der Waals surface area (Å²) in [6.07, 6.45) is 3.70. The number of nitrogens with one attached hydrogen (secondary N) is 1. The van der Waals surface area contributed by atoms with Crippen LogP contribution in [0.5, 0.6) is 5.75 Å². The van der Waals surface area contributed by atoms with E-state index in [1.165, 1.54) is 5.69 Å². The minimum atomic E-state index is -0.783. The molecule has 4 aromatic carbocycles. The first kappa shape index (κ1) is 29.7. The number of hydrogen-bond donors (Lipinski definition) is 1. The Morgan fingerprint density at radius 1 is 0.761 bits per heavy atom. The van der Waals surface area contributed by atoms with Crippen LogP contribution in [0.1, 0.15) is 22.3 Å². The van der Waals surface area contributed by atoms with E-state index in [0.29, 0.717) is 0 Å². The Labute approximate surface area is 271 Å². The molecule has 1 amide bonds. The molecule has 5 aromatic rings. The fourth-order valence-electron chi connectivity index (χ4n) is 6.80. The highest BCUT2D eigenvalue weighted by atomic mass is 16.5. The average molecular weight is 610 g/mol. The second kappa shape index (κ2) is 13.2. The van der Waals surface area contributed by atoms with Crippen molar-refractivity contribution in [1.82, 2.24) is 15.2 Å². The van der Waals surface area contributed by atoms with Gasteiger partial charge in [-0.1, -0.05) is 97.1 Å². The summed E-state index contributed by atoms with van der Waals surface area (Å²) in [6.45, 7) is 4.90. The summed E-state index contributed by atoms with van der Waals surface area (Å²) in [6, 6.07) is 40.9. The monoisotopic (exact) mass is 609 g/mol. The van der Waals surface area contributed by atoms with Crippen molar-refractivity contribution in [2.75, 3.05) is 49.6 Å². The number of likely N-dealkylation sites (N-methyl/N-ethyl adjacent to an activating group) is 1. The summed E-state index contributed by atoms with van der Waals surface area (Å²) >= 11 is 0. The van der Waals surface area contributed by atoms with Gasteiger partial charge in [-0.2, -0.15) is 0 Å². The number of carbonyl (C=O) groups excluding carboxylic acids is 1. The molecular formula is C39H39N5O2. The van der Waals surface area contributed by atoms with Crippen LogP contribution in [-0.4, -0.2) is 61.7 Å². The van der Waals surface area contributed by atoms with Gasteiger partial charge >= 0.3 is 0 Å². The summed E-state index contributed by atoms with van der Waals surface area (Å²) in [5, 5.41) is 3.84. The molecule has 0 aliphatic carbocycles. The summed E-state index contributed by atoms with van der Waals surface area (Å²) < 4.78 is 6.41. The molecule has 3 heterocycles. The number of carbonyl (C=O) groups is 1. The van der Waals surface area contributed by atoms with Crippen LogP contribution in [0.2, 0.25) is 0 Å². The van der Waals surface area contributed by atoms with Crippen molar-refractivity contribution >= 4 is 17.3 Å². The van der Waals surface area contributed by atoms with Crippen LogP contribution >= 0.6 is 0 Å². The quantitative estimate of drug-likeness (QED) is 0.228. The molecule has 1 N–H and O–H groups in total. The third-order valence-electron chi connectivity index (χ3n) is 9.24. The van der Waals surface area contributed by atoms with Gasteiger partial charge in [0.2, 0.25) is 5.91 Å². The van der Waals surface area contributed by atoms with Gasteiger partial charge in [0.15, 0.2) is 0 Å². The molecule has 1 aromatic heterocycles. The molecule has 1 fully saturated rings. The van der Waals surface area contributed by atoms with Gasteiger partial charge in [-0.3, -0.25) is 20.0 Å². The van der Waals surface area contributed by atoms with Gasteiger partial charge in [-0.05, 0) is 46.5 Å². The first-order valence-corrected chi connectivity index (χ1v) is 16.0. The van der Waals surface area contributed by atoms with Crippen LogP contribution in [0.3, 0.4) is 0 Å². The maximum atomic E-state index is 14.3. The first-order chi connectivity index (χ1) is 22.6. The van der Waals surface area contributed by atoms with Gasteiger partial charge in [0.05, 0.1) is 11.2 Å². The molecule has 232 valence electrons. The number of aromatic nitrogens is 1. The average Bonchev–Trinajstić information content (AvgIpc) is 3.24. The predicted octanol–water partition coefficient (Wildman–Crippen LogP) is 5.71. The zero-order valence-electron chi connectivity index (χ0n) is 26.1. The van der Waals surface area contributed by atoms with Gasteiger partial charge in [-0.15, -0.1) is 0 Å². The van der Waals surface area contributed by atoms with Gasteiger partial charge in [0, 0.05) is 57.9 Å². The van der Waals surface area contributed by atoms with Crippen LogP contribution in [0, 0.1) is 0 Å². The lowest BCUT2D eigenvalue weighted by molar-refractivity contribution is -0.121. The molecule has 0 spiro atoms. The van der Waals surface area contributed by atoms with Crippen molar-refractivity contribution in [3.05, 3.63) is 156 Å². The van der Waals surface area contributed by atoms with Gasteiger partial charge in [0.1, 0.15) is 18.4 Å². The fourth-order valence-corrected chi connectivity index (χ4v) is 6.80. The molecule has 46 heavy (non-hydrogen) atoms. The molecule has 0 bridgehead atoms. The minimum absolute atomic E-state index is 0.0333. The van der Waals surface area contributed by atoms with Crippen molar-refractivity contribution in [1.29, 1.82) is 0 Å². The highest BCUT2D eigenvalue weighted by molar-refractivity contribution is 5.99. The fraction of sp³-hybridized carbons (Fsp3) is 0.231. The Kier molecular flexibility index (Phi) is 8.51. The molecule has 7 heteroatoms. The van der Waals surface area contributed by atoms with Crippen molar-refractivity contribution < 1.29 is 9.53 Å². The van der Waals surface area contributed by atoms with Gasteiger partial charge in [0.25, 0.3) is 0 Å². The highest BCUT2D eigenvalue weighted by Gasteiger charge is 2.42. The molecule has 0 saturated carbocycles. The summed E-state index contributed by atoms with van der Waals surface area (Å²) in [5.41, 5.74) is 5.55. The van der Waals surface area contributed by atoms with Crippen LogP contribution in [-0.2, 0) is 16.9 Å². The lowest BCUT2D eigenvalue weighted by atomic mass is 9.76. The molecule has 0 radical (unpaired) electrons. The first-order valence-electron chi connectivity index (χ1n) is 16.0. The number of amides is 1. The van der Waals surface area contributed by atoms with E-state index in [-0.39, 0.29) is 12.5 Å². The van der Waals surface area contributed by atoms with E-state index in [9.17, 15) is 4.79 Å². The van der Waals surface area contributed by atoms with Gasteiger partial charge < -0.3 is 14.5 Å². The maximum Gasteiger partial charge on any atom is 0.247 e. The smallest absolute Gasteiger partial charge is 0.247 e. The zero-order chi connectivity index (χ0) is 31.3. The zero-order valence-corrected chi connectivity index (χ0v) is 26.1. The maximum absolute atomic E-state index is 14.3. The van der Waals surface area contributed by atoms with Crippen molar-refractivity contribution in [3.63, 3.8) is 0 Å². The van der Waals surface area contributed by atoms with E-state index >= 15 is 0 Å². The van der Waals surface area contributed by atoms with E-state index in [1.807, 2.05) is 80.1 Å². The molecule has 7 nitrogen and oxygen atoms in total. The van der Waals surface area contributed by atoms with E-state index in [4.69, 9.17) is 4.74 Å². The van der Waals surface area contributed by atoms with Crippen molar-refractivity contribution in [3.8, 4) is 5.75 Å². The lowest BCUT2D eigenvalue weighted by Crippen LogP contribution is -2.56. The van der Waals surface area contributed by atoms with E-state index < -0.39 is 11.6 Å².